The van der Waals surface area contributed by atoms with Crippen molar-refractivity contribution in [3.8, 4) is 17.2 Å². The number of ether oxygens (including phenoxy) is 2. The van der Waals surface area contributed by atoms with E-state index in [4.69, 9.17) is 21.1 Å². The van der Waals surface area contributed by atoms with Crippen molar-refractivity contribution in [3.05, 3.63) is 87.2 Å². The highest BCUT2D eigenvalue weighted by Crippen LogP contribution is 2.32. The number of hydrogen-bond donors (Lipinski definition) is 1. The lowest BCUT2D eigenvalue weighted by molar-refractivity contribution is -0.118. The molecule has 5 rings (SSSR count). The molecule has 172 valence electrons. The van der Waals surface area contributed by atoms with E-state index in [0.29, 0.717) is 44.8 Å². The van der Waals surface area contributed by atoms with Crippen LogP contribution in [0.2, 0.25) is 5.02 Å². The molecule has 9 heteroatoms. The molecular weight excluding hydrogens is 474 g/mol. The number of nitrogens with one attached hydrogen (secondary N) is 1. The Morgan fingerprint density at radius 3 is 2.82 bits per heavy atom. The molecule has 0 aliphatic carbocycles. The first kappa shape index (κ1) is 22.3. The number of carbonyl (C=O) groups is 1. The Morgan fingerprint density at radius 2 is 1.97 bits per heavy atom. The predicted molar refractivity (Wildman–Crippen MR) is 132 cm³/mol. The molecular formula is C25H20ClN3O4S. The lowest BCUT2D eigenvalue weighted by atomic mass is 10.2. The summed E-state index contributed by atoms with van der Waals surface area (Å²) in [5.41, 5.74) is 2.88. The van der Waals surface area contributed by atoms with Gasteiger partial charge < -0.3 is 14.8 Å². The van der Waals surface area contributed by atoms with Crippen molar-refractivity contribution in [1.29, 1.82) is 0 Å². The van der Waals surface area contributed by atoms with Crippen LogP contribution in [-0.2, 0) is 11.3 Å². The summed E-state index contributed by atoms with van der Waals surface area (Å²) in [5.74, 6) is 1.28. The normalized spacial score (nSPS) is 12.2. The van der Waals surface area contributed by atoms with Gasteiger partial charge in [-0.2, -0.15) is 0 Å². The third-order valence-electron chi connectivity index (χ3n) is 5.32. The third-order valence-corrected chi connectivity index (χ3v) is 6.49. The zero-order valence-corrected chi connectivity index (χ0v) is 19.8. The standard InChI is InChI=1S/C25H20ClN3O4S/c1-15-3-2-4-18(9-15)29-24(31)19-7-6-17(26)11-20(19)28-25(29)34-13-23(30)27-12-16-5-8-21-22(10-16)33-14-32-21/h2-11H,12-14H2,1H3,(H,27,30). The third kappa shape index (κ3) is 4.60. The highest BCUT2D eigenvalue weighted by atomic mass is 35.5. The van der Waals surface area contributed by atoms with Crippen LogP contribution in [-0.4, -0.2) is 28.0 Å². The molecule has 4 aromatic rings. The summed E-state index contributed by atoms with van der Waals surface area (Å²) in [6, 6.07) is 18.2. The molecule has 2 heterocycles. The van der Waals surface area contributed by atoms with Crippen molar-refractivity contribution < 1.29 is 14.3 Å². The summed E-state index contributed by atoms with van der Waals surface area (Å²) in [5, 5.41) is 4.27. The quantitative estimate of drug-likeness (QED) is 0.315. The highest BCUT2D eigenvalue weighted by Gasteiger charge is 2.16. The number of hydrogen-bond acceptors (Lipinski definition) is 6. The summed E-state index contributed by atoms with van der Waals surface area (Å²) >= 11 is 7.32. The first-order valence-corrected chi connectivity index (χ1v) is 11.9. The van der Waals surface area contributed by atoms with Gasteiger partial charge in [-0.15, -0.1) is 0 Å². The minimum atomic E-state index is -0.212. The number of amides is 1. The van der Waals surface area contributed by atoms with Gasteiger partial charge in [0, 0.05) is 11.6 Å². The van der Waals surface area contributed by atoms with Gasteiger partial charge in [0.15, 0.2) is 16.7 Å². The minimum absolute atomic E-state index is 0.0921. The molecule has 7 nitrogen and oxygen atoms in total. The van der Waals surface area contributed by atoms with E-state index >= 15 is 0 Å². The van der Waals surface area contributed by atoms with E-state index in [0.717, 1.165) is 11.1 Å². The van der Waals surface area contributed by atoms with Gasteiger partial charge in [0.25, 0.3) is 5.56 Å². The van der Waals surface area contributed by atoms with Crippen LogP contribution in [0, 0.1) is 6.92 Å². The average Bonchev–Trinajstić information content (AvgIpc) is 3.29. The Bertz CT molecular complexity index is 1470. The molecule has 0 spiro atoms. The monoisotopic (exact) mass is 493 g/mol. The second-order valence-electron chi connectivity index (χ2n) is 7.79. The SMILES string of the molecule is Cc1cccc(-n2c(SCC(=O)NCc3ccc4c(c3)OCO4)nc3cc(Cl)ccc3c2=O)c1. The minimum Gasteiger partial charge on any atom is -0.454 e. The second kappa shape index (κ2) is 9.40. The number of fused-ring (bicyclic) bond motifs is 2. The maximum atomic E-state index is 13.4. The largest absolute Gasteiger partial charge is 0.454 e. The van der Waals surface area contributed by atoms with Gasteiger partial charge in [-0.05, 0) is 60.5 Å². The number of carbonyl (C=O) groups excluding carboxylic acids is 1. The summed E-state index contributed by atoms with van der Waals surface area (Å²) in [6.07, 6.45) is 0. The van der Waals surface area contributed by atoms with Crippen molar-refractivity contribution in [2.24, 2.45) is 0 Å². The van der Waals surface area contributed by atoms with E-state index in [9.17, 15) is 9.59 Å². The van der Waals surface area contributed by atoms with Crippen LogP contribution in [0.25, 0.3) is 16.6 Å². The van der Waals surface area contributed by atoms with Crippen LogP contribution in [0.1, 0.15) is 11.1 Å². The molecule has 1 aliphatic rings. The van der Waals surface area contributed by atoms with Gasteiger partial charge in [-0.25, -0.2) is 4.98 Å². The molecule has 1 amide bonds. The molecule has 0 radical (unpaired) electrons. The van der Waals surface area contributed by atoms with Crippen LogP contribution in [0.3, 0.4) is 0 Å². The van der Waals surface area contributed by atoms with Crippen LogP contribution < -0.4 is 20.3 Å². The van der Waals surface area contributed by atoms with Gasteiger partial charge in [0.1, 0.15) is 0 Å². The van der Waals surface area contributed by atoms with Crippen molar-refractivity contribution in [2.75, 3.05) is 12.5 Å². The van der Waals surface area contributed by atoms with Crippen LogP contribution in [0.4, 0.5) is 0 Å². The molecule has 0 saturated carbocycles. The Balaban J connectivity index is 1.38. The Kier molecular flexibility index (Phi) is 6.17. The van der Waals surface area contributed by atoms with Crippen molar-refractivity contribution >= 4 is 40.2 Å². The number of benzene rings is 3. The molecule has 1 aromatic heterocycles. The van der Waals surface area contributed by atoms with Gasteiger partial charge >= 0.3 is 0 Å². The maximum absolute atomic E-state index is 13.4. The van der Waals surface area contributed by atoms with E-state index in [1.165, 1.54) is 11.8 Å². The lowest BCUT2D eigenvalue weighted by Crippen LogP contribution is -2.26. The Morgan fingerprint density at radius 1 is 1.12 bits per heavy atom. The highest BCUT2D eigenvalue weighted by molar-refractivity contribution is 7.99. The molecule has 0 fully saturated rings. The number of aryl methyl sites for hydroxylation is 1. The topological polar surface area (TPSA) is 82.5 Å². The van der Waals surface area contributed by atoms with E-state index < -0.39 is 0 Å². The van der Waals surface area contributed by atoms with E-state index in [1.807, 2.05) is 49.4 Å². The molecule has 1 N–H and O–H groups in total. The lowest BCUT2D eigenvalue weighted by Gasteiger charge is -2.14. The van der Waals surface area contributed by atoms with E-state index in [1.54, 1.807) is 22.8 Å². The van der Waals surface area contributed by atoms with E-state index in [-0.39, 0.29) is 24.0 Å². The number of nitrogens with zero attached hydrogens (tertiary/aromatic N) is 2. The molecule has 0 atom stereocenters. The van der Waals surface area contributed by atoms with Crippen molar-refractivity contribution in [1.82, 2.24) is 14.9 Å². The molecule has 1 aliphatic heterocycles. The first-order valence-electron chi connectivity index (χ1n) is 10.6. The van der Waals surface area contributed by atoms with Crippen LogP contribution in [0.15, 0.2) is 70.6 Å². The molecule has 3 aromatic carbocycles. The summed E-state index contributed by atoms with van der Waals surface area (Å²) in [6.45, 7) is 2.51. The molecule has 0 unspecified atom stereocenters. The smallest absolute Gasteiger partial charge is 0.266 e. The van der Waals surface area contributed by atoms with Crippen LogP contribution in [0.5, 0.6) is 11.5 Å². The summed E-state index contributed by atoms with van der Waals surface area (Å²) in [4.78, 5) is 30.6. The zero-order valence-electron chi connectivity index (χ0n) is 18.2. The maximum Gasteiger partial charge on any atom is 0.266 e. The fourth-order valence-electron chi connectivity index (χ4n) is 3.66. The van der Waals surface area contributed by atoms with Gasteiger partial charge in [0.05, 0.1) is 22.3 Å². The van der Waals surface area contributed by atoms with Crippen molar-refractivity contribution in [2.45, 2.75) is 18.6 Å². The van der Waals surface area contributed by atoms with Gasteiger partial charge in [-0.1, -0.05) is 41.6 Å². The fourth-order valence-corrected chi connectivity index (χ4v) is 4.67. The van der Waals surface area contributed by atoms with Crippen LogP contribution >= 0.6 is 23.4 Å². The Labute approximate surface area is 204 Å². The second-order valence-corrected chi connectivity index (χ2v) is 9.17. The summed E-state index contributed by atoms with van der Waals surface area (Å²) < 4.78 is 12.2. The van der Waals surface area contributed by atoms with Crippen molar-refractivity contribution in [3.63, 3.8) is 0 Å². The number of thioether (sulfide) groups is 1. The van der Waals surface area contributed by atoms with Gasteiger partial charge in [-0.3, -0.25) is 14.2 Å². The number of rotatable bonds is 6. The summed E-state index contributed by atoms with van der Waals surface area (Å²) in [7, 11) is 0. The molecule has 34 heavy (non-hydrogen) atoms. The fraction of sp³-hybridized carbons (Fsp3) is 0.160. The van der Waals surface area contributed by atoms with Gasteiger partial charge in [0.2, 0.25) is 12.7 Å². The predicted octanol–water partition coefficient (Wildman–Crippen LogP) is 4.48. The average molecular weight is 494 g/mol. The number of halogens is 1. The Hall–Kier alpha value is -3.49. The molecule has 0 bridgehead atoms. The first-order chi connectivity index (χ1) is 16.5. The molecule has 0 saturated heterocycles. The zero-order chi connectivity index (χ0) is 23.7. The van der Waals surface area contributed by atoms with E-state index in [2.05, 4.69) is 10.3 Å². The number of aromatic nitrogens is 2.